The lowest BCUT2D eigenvalue weighted by Gasteiger charge is -2.13. The Morgan fingerprint density at radius 1 is 1.30 bits per heavy atom. The first-order chi connectivity index (χ1) is 9.51. The first-order valence-electron chi connectivity index (χ1n) is 5.96. The van der Waals surface area contributed by atoms with Crippen molar-refractivity contribution in [2.45, 2.75) is 12.5 Å². The minimum absolute atomic E-state index is 0.0492. The van der Waals surface area contributed by atoms with Gasteiger partial charge in [-0.1, -0.05) is 23.7 Å². The molecule has 106 valence electrons. The molecule has 1 atom stereocenters. The summed E-state index contributed by atoms with van der Waals surface area (Å²) in [7, 11) is 1.59. The van der Waals surface area contributed by atoms with Gasteiger partial charge in [0, 0.05) is 6.42 Å². The molecule has 0 radical (unpaired) electrons. The maximum absolute atomic E-state index is 13.4. The van der Waals surface area contributed by atoms with Crippen LogP contribution in [0.3, 0.4) is 0 Å². The number of methoxy groups -OCH3 is 1. The number of aliphatic hydroxyl groups excluding tert-OH is 1. The first kappa shape index (κ1) is 15.3. The van der Waals surface area contributed by atoms with Crippen LogP contribution in [0.25, 0.3) is 0 Å². The molecule has 0 spiro atoms. The van der Waals surface area contributed by atoms with E-state index in [0.717, 1.165) is 15.8 Å². The molecule has 0 amide bonds. The van der Waals surface area contributed by atoms with Crippen molar-refractivity contribution < 1.29 is 14.2 Å². The summed E-state index contributed by atoms with van der Waals surface area (Å²) in [6, 6.07) is 9.86. The smallest absolute Gasteiger partial charge is 0.142 e. The van der Waals surface area contributed by atoms with Crippen LogP contribution in [0.2, 0.25) is 5.02 Å². The molecule has 20 heavy (non-hydrogen) atoms. The zero-order valence-corrected chi connectivity index (χ0v) is 13.1. The molecule has 0 aliphatic carbocycles. The molecule has 1 N–H and O–H groups in total. The van der Waals surface area contributed by atoms with Crippen LogP contribution in [-0.2, 0) is 6.42 Å². The highest BCUT2D eigenvalue weighted by Gasteiger charge is 2.12. The fourth-order valence-corrected chi connectivity index (χ4v) is 2.60. The van der Waals surface area contributed by atoms with Gasteiger partial charge in [-0.25, -0.2) is 4.39 Å². The van der Waals surface area contributed by atoms with E-state index in [1.165, 1.54) is 12.1 Å². The Hall–Kier alpha value is -1.10. The van der Waals surface area contributed by atoms with Crippen molar-refractivity contribution >= 4 is 27.5 Å². The molecule has 0 saturated carbocycles. The minimum atomic E-state index is -0.790. The summed E-state index contributed by atoms with van der Waals surface area (Å²) in [6.07, 6.45) is -0.411. The molecule has 0 aliphatic heterocycles. The van der Waals surface area contributed by atoms with Crippen LogP contribution in [0.15, 0.2) is 40.9 Å². The van der Waals surface area contributed by atoms with Crippen LogP contribution < -0.4 is 4.74 Å². The highest BCUT2D eigenvalue weighted by Crippen LogP contribution is 2.28. The van der Waals surface area contributed by atoms with Crippen LogP contribution in [0, 0.1) is 5.82 Å². The largest absolute Gasteiger partial charge is 0.496 e. The fourth-order valence-electron chi connectivity index (χ4n) is 1.90. The van der Waals surface area contributed by atoms with Gasteiger partial charge in [0.15, 0.2) is 0 Å². The minimum Gasteiger partial charge on any atom is -0.496 e. The average molecular weight is 360 g/mol. The van der Waals surface area contributed by atoms with E-state index in [1.807, 2.05) is 18.2 Å². The van der Waals surface area contributed by atoms with Crippen molar-refractivity contribution in [2.75, 3.05) is 7.11 Å². The second kappa shape index (κ2) is 6.57. The van der Waals surface area contributed by atoms with Gasteiger partial charge in [0.2, 0.25) is 0 Å². The Kier molecular flexibility index (Phi) is 5.02. The molecule has 0 aliphatic rings. The first-order valence-corrected chi connectivity index (χ1v) is 7.14. The predicted octanol–water partition coefficient (Wildman–Crippen LogP) is 4.53. The Labute approximate surface area is 130 Å². The van der Waals surface area contributed by atoms with Crippen LogP contribution in [-0.4, -0.2) is 12.2 Å². The van der Waals surface area contributed by atoms with Gasteiger partial charge in [0.05, 0.1) is 22.7 Å². The van der Waals surface area contributed by atoms with Gasteiger partial charge in [0.1, 0.15) is 11.6 Å². The lowest BCUT2D eigenvalue weighted by Crippen LogP contribution is -2.02. The highest BCUT2D eigenvalue weighted by molar-refractivity contribution is 9.10. The molecule has 1 unspecified atom stereocenters. The molecule has 2 aromatic rings. The topological polar surface area (TPSA) is 29.5 Å². The molecule has 0 bridgehead atoms. The van der Waals surface area contributed by atoms with Crippen molar-refractivity contribution in [3.05, 3.63) is 62.8 Å². The Bertz CT molecular complexity index is 619. The normalized spacial score (nSPS) is 12.2. The molecule has 0 aromatic heterocycles. The van der Waals surface area contributed by atoms with Gasteiger partial charge < -0.3 is 9.84 Å². The maximum Gasteiger partial charge on any atom is 0.142 e. The Morgan fingerprint density at radius 3 is 2.65 bits per heavy atom. The number of benzene rings is 2. The lowest BCUT2D eigenvalue weighted by atomic mass is 10.0. The fraction of sp³-hybridized carbons (Fsp3) is 0.200. The number of rotatable bonds is 4. The molecule has 2 nitrogen and oxygen atoms in total. The number of halogens is 3. The molecule has 2 rings (SSSR count). The second-order valence-electron chi connectivity index (χ2n) is 4.36. The molecular formula is C15H13BrClFO2. The Morgan fingerprint density at radius 2 is 2.05 bits per heavy atom. The van der Waals surface area contributed by atoms with E-state index >= 15 is 0 Å². The summed E-state index contributed by atoms with van der Waals surface area (Å²) in [4.78, 5) is 0. The standard InChI is InChI=1S/C15H13BrClFO2/c1-20-15-5-2-9(6-11(15)16)7-14(19)10-3-4-12(17)13(18)8-10/h2-6,8,14,19H,7H2,1H3. The quantitative estimate of drug-likeness (QED) is 0.869. The third-order valence-corrected chi connectivity index (χ3v) is 3.90. The summed E-state index contributed by atoms with van der Waals surface area (Å²) in [5.74, 6) is 0.194. The summed E-state index contributed by atoms with van der Waals surface area (Å²) in [5.41, 5.74) is 1.42. The molecule has 0 heterocycles. The molecule has 2 aromatic carbocycles. The van der Waals surface area contributed by atoms with E-state index in [9.17, 15) is 9.50 Å². The molecule has 0 saturated heterocycles. The number of ether oxygens (including phenoxy) is 1. The maximum atomic E-state index is 13.4. The van der Waals surface area contributed by atoms with Crippen molar-refractivity contribution in [3.8, 4) is 5.75 Å². The van der Waals surface area contributed by atoms with Crippen LogP contribution in [0.1, 0.15) is 17.2 Å². The van der Waals surface area contributed by atoms with Gasteiger partial charge in [-0.05, 0) is 51.3 Å². The second-order valence-corrected chi connectivity index (χ2v) is 5.62. The number of aliphatic hydroxyl groups is 1. The van der Waals surface area contributed by atoms with Gasteiger partial charge in [0.25, 0.3) is 0 Å². The van der Waals surface area contributed by atoms with E-state index in [4.69, 9.17) is 16.3 Å². The van der Waals surface area contributed by atoms with Crippen molar-refractivity contribution in [1.29, 1.82) is 0 Å². The van der Waals surface area contributed by atoms with Gasteiger partial charge in [-0.3, -0.25) is 0 Å². The monoisotopic (exact) mass is 358 g/mol. The zero-order valence-electron chi connectivity index (χ0n) is 10.7. The molecular weight excluding hydrogens is 347 g/mol. The third-order valence-electron chi connectivity index (χ3n) is 2.97. The van der Waals surface area contributed by atoms with E-state index in [1.54, 1.807) is 13.2 Å². The lowest BCUT2D eigenvalue weighted by molar-refractivity contribution is 0.178. The molecule has 0 fully saturated rings. The van der Waals surface area contributed by atoms with Crippen molar-refractivity contribution in [2.24, 2.45) is 0 Å². The van der Waals surface area contributed by atoms with Crippen molar-refractivity contribution in [3.63, 3.8) is 0 Å². The van der Waals surface area contributed by atoms with Crippen LogP contribution >= 0.6 is 27.5 Å². The summed E-state index contributed by atoms with van der Waals surface area (Å²) in [5, 5.41) is 10.2. The van der Waals surface area contributed by atoms with Crippen LogP contribution in [0.4, 0.5) is 4.39 Å². The summed E-state index contributed by atoms with van der Waals surface area (Å²) in [6.45, 7) is 0. The van der Waals surface area contributed by atoms with E-state index in [0.29, 0.717) is 12.0 Å². The SMILES string of the molecule is COc1ccc(CC(O)c2ccc(Cl)c(F)c2)cc1Br. The van der Waals surface area contributed by atoms with Crippen molar-refractivity contribution in [1.82, 2.24) is 0 Å². The summed E-state index contributed by atoms with van der Waals surface area (Å²) >= 11 is 9.01. The summed E-state index contributed by atoms with van der Waals surface area (Å²) < 4.78 is 19.3. The number of hydrogen-bond donors (Lipinski definition) is 1. The van der Waals surface area contributed by atoms with Gasteiger partial charge >= 0.3 is 0 Å². The van der Waals surface area contributed by atoms with E-state index in [-0.39, 0.29) is 5.02 Å². The zero-order chi connectivity index (χ0) is 14.7. The van der Waals surface area contributed by atoms with E-state index in [2.05, 4.69) is 15.9 Å². The average Bonchev–Trinajstić information content (AvgIpc) is 2.42. The van der Waals surface area contributed by atoms with Gasteiger partial charge in [-0.2, -0.15) is 0 Å². The number of hydrogen-bond acceptors (Lipinski definition) is 2. The van der Waals surface area contributed by atoms with Gasteiger partial charge in [-0.15, -0.1) is 0 Å². The molecule has 5 heteroatoms. The Balaban J connectivity index is 2.16. The highest BCUT2D eigenvalue weighted by atomic mass is 79.9. The van der Waals surface area contributed by atoms with Crippen LogP contribution in [0.5, 0.6) is 5.75 Å². The predicted molar refractivity (Wildman–Crippen MR) is 80.8 cm³/mol. The third kappa shape index (κ3) is 3.51. The van der Waals surface area contributed by atoms with E-state index < -0.39 is 11.9 Å².